The quantitative estimate of drug-likeness (QED) is 0.234. The van der Waals surface area contributed by atoms with Crippen LogP contribution in [0.4, 0.5) is 23.0 Å². The molecule has 10 heteroatoms. The van der Waals surface area contributed by atoms with E-state index in [1.807, 2.05) is 56.0 Å². The number of anilines is 4. The van der Waals surface area contributed by atoms with Crippen molar-refractivity contribution in [3.63, 3.8) is 0 Å². The number of amides is 1. The van der Waals surface area contributed by atoms with Crippen LogP contribution in [0, 0.1) is 18.3 Å². The van der Waals surface area contributed by atoms with Crippen molar-refractivity contribution in [2.45, 2.75) is 26.2 Å². The molecule has 0 unspecified atom stereocenters. The molecule has 5 rings (SSSR count). The molecule has 10 nitrogen and oxygen atoms in total. The normalized spacial score (nSPS) is 13.4. The molecule has 1 fully saturated rings. The Bertz CT molecular complexity index is 1700. The monoisotopic (exact) mass is 578 g/mol. The summed E-state index contributed by atoms with van der Waals surface area (Å²) in [5.41, 5.74) is 6.11. The van der Waals surface area contributed by atoms with Crippen LogP contribution in [0.3, 0.4) is 0 Å². The summed E-state index contributed by atoms with van der Waals surface area (Å²) in [6, 6.07) is 11.8. The number of nitrogens with one attached hydrogen (secondary N) is 2. The molecule has 1 aliphatic rings. The molecule has 1 saturated heterocycles. The van der Waals surface area contributed by atoms with Gasteiger partial charge in [-0.25, -0.2) is 9.97 Å². The molecule has 0 saturated carbocycles. The molecular formula is C33H38N8O2. The summed E-state index contributed by atoms with van der Waals surface area (Å²) in [7, 11) is 5.57. The van der Waals surface area contributed by atoms with E-state index in [2.05, 4.69) is 44.1 Å². The number of piperidine rings is 1. The van der Waals surface area contributed by atoms with Gasteiger partial charge in [0.1, 0.15) is 11.8 Å². The van der Waals surface area contributed by atoms with E-state index in [1.54, 1.807) is 13.3 Å². The van der Waals surface area contributed by atoms with Crippen LogP contribution in [-0.2, 0) is 11.8 Å². The maximum Gasteiger partial charge on any atom is 0.247 e. The lowest BCUT2D eigenvalue weighted by Crippen LogP contribution is -2.36. The molecule has 0 aliphatic carbocycles. The summed E-state index contributed by atoms with van der Waals surface area (Å²) in [5.74, 6) is 0.629. The minimum atomic E-state index is -0.306. The van der Waals surface area contributed by atoms with Gasteiger partial charge in [0.15, 0.2) is 0 Å². The number of methoxy groups -OCH3 is 1. The van der Waals surface area contributed by atoms with Crippen LogP contribution in [0.15, 0.2) is 55.4 Å². The number of likely N-dealkylation sites (tertiary alicyclic amines) is 1. The Kier molecular flexibility index (Phi) is 8.93. The third-order valence-corrected chi connectivity index (χ3v) is 7.97. The first kappa shape index (κ1) is 29.6. The highest BCUT2D eigenvalue weighted by molar-refractivity contribution is 6.02. The molecule has 0 atom stereocenters. The maximum atomic E-state index is 12.4. The second-order valence-corrected chi connectivity index (χ2v) is 10.9. The smallest absolute Gasteiger partial charge is 0.247 e. The molecule has 2 aromatic heterocycles. The summed E-state index contributed by atoms with van der Waals surface area (Å²) in [5, 5.41) is 17.1. The number of carbonyl (C=O) groups is 1. The van der Waals surface area contributed by atoms with Crippen molar-refractivity contribution in [2.24, 2.45) is 7.05 Å². The Hall–Kier alpha value is -4.88. The van der Waals surface area contributed by atoms with E-state index in [-0.39, 0.29) is 5.91 Å². The summed E-state index contributed by atoms with van der Waals surface area (Å²) < 4.78 is 7.75. The number of ether oxygens (including phenoxy) is 1. The summed E-state index contributed by atoms with van der Waals surface area (Å²) >= 11 is 0. The molecule has 1 aliphatic heterocycles. The van der Waals surface area contributed by atoms with Gasteiger partial charge in [-0.2, -0.15) is 5.26 Å². The van der Waals surface area contributed by atoms with Crippen LogP contribution in [0.5, 0.6) is 5.75 Å². The van der Waals surface area contributed by atoms with E-state index in [0.29, 0.717) is 34.3 Å². The van der Waals surface area contributed by atoms with Gasteiger partial charge in [-0.3, -0.25) is 4.79 Å². The molecule has 3 heterocycles. The van der Waals surface area contributed by atoms with Gasteiger partial charge in [-0.05, 0) is 68.8 Å². The lowest BCUT2D eigenvalue weighted by molar-refractivity contribution is -0.111. The zero-order valence-electron chi connectivity index (χ0n) is 25.3. The first-order chi connectivity index (χ1) is 20.8. The summed E-state index contributed by atoms with van der Waals surface area (Å²) in [4.78, 5) is 26.2. The fraction of sp³-hybridized carbons (Fsp3) is 0.333. The Morgan fingerprint density at radius 3 is 2.72 bits per heavy atom. The Morgan fingerprint density at radius 2 is 2.00 bits per heavy atom. The third kappa shape index (κ3) is 6.47. The zero-order valence-corrected chi connectivity index (χ0v) is 25.3. The first-order valence-corrected chi connectivity index (χ1v) is 14.5. The molecule has 2 aromatic carbocycles. The topological polar surface area (TPSA) is 111 Å². The van der Waals surface area contributed by atoms with E-state index in [1.165, 1.54) is 25.3 Å². The van der Waals surface area contributed by atoms with Gasteiger partial charge in [0.05, 0.1) is 40.9 Å². The van der Waals surface area contributed by atoms with Gasteiger partial charge in [0.2, 0.25) is 11.9 Å². The van der Waals surface area contributed by atoms with Gasteiger partial charge >= 0.3 is 0 Å². The second kappa shape index (κ2) is 13.0. The molecule has 222 valence electrons. The van der Waals surface area contributed by atoms with E-state index < -0.39 is 0 Å². The van der Waals surface area contributed by atoms with E-state index in [4.69, 9.17) is 9.72 Å². The van der Waals surface area contributed by atoms with Crippen LogP contribution in [0.25, 0.3) is 22.2 Å². The van der Waals surface area contributed by atoms with Crippen molar-refractivity contribution in [1.82, 2.24) is 19.4 Å². The molecule has 4 aromatic rings. The highest BCUT2D eigenvalue weighted by Crippen LogP contribution is 2.38. The van der Waals surface area contributed by atoms with Crippen molar-refractivity contribution >= 4 is 39.8 Å². The molecule has 2 N–H and O–H groups in total. The number of nitriles is 1. The third-order valence-electron chi connectivity index (χ3n) is 7.97. The molecule has 1 amide bonds. The lowest BCUT2D eigenvalue weighted by atomic mass is 10.0. The van der Waals surface area contributed by atoms with Gasteiger partial charge < -0.3 is 29.7 Å². The summed E-state index contributed by atoms with van der Waals surface area (Å²) in [6.45, 7) is 9.63. The molecule has 0 spiro atoms. The van der Waals surface area contributed by atoms with E-state index >= 15 is 0 Å². The van der Waals surface area contributed by atoms with Gasteiger partial charge in [0, 0.05) is 56.6 Å². The Morgan fingerprint density at radius 1 is 1.21 bits per heavy atom. The molecule has 0 bridgehead atoms. The van der Waals surface area contributed by atoms with Crippen LogP contribution < -0.4 is 20.3 Å². The van der Waals surface area contributed by atoms with Gasteiger partial charge in [-0.1, -0.05) is 13.0 Å². The maximum absolute atomic E-state index is 12.4. The largest absolute Gasteiger partial charge is 0.494 e. The number of aryl methyl sites for hydroxylation is 2. The average Bonchev–Trinajstić information content (AvgIpc) is 3.32. The fourth-order valence-electron chi connectivity index (χ4n) is 5.70. The van der Waals surface area contributed by atoms with Gasteiger partial charge in [0.25, 0.3) is 0 Å². The fourth-order valence-corrected chi connectivity index (χ4v) is 5.70. The minimum absolute atomic E-state index is 0.306. The highest BCUT2D eigenvalue weighted by atomic mass is 16.5. The zero-order chi connectivity index (χ0) is 30.5. The van der Waals surface area contributed by atoms with Crippen molar-refractivity contribution in [3.8, 4) is 23.1 Å². The molecule has 43 heavy (non-hydrogen) atoms. The predicted molar refractivity (Wildman–Crippen MR) is 172 cm³/mol. The molecule has 0 radical (unpaired) electrons. The highest BCUT2D eigenvalue weighted by Gasteiger charge is 2.18. The van der Waals surface area contributed by atoms with Crippen LogP contribution in [0.1, 0.15) is 30.4 Å². The van der Waals surface area contributed by atoms with E-state index in [0.717, 1.165) is 53.9 Å². The predicted octanol–water partition coefficient (Wildman–Crippen LogP) is 5.61. The minimum Gasteiger partial charge on any atom is -0.494 e. The van der Waals surface area contributed by atoms with Crippen LogP contribution in [0.2, 0.25) is 0 Å². The van der Waals surface area contributed by atoms with Crippen molar-refractivity contribution in [3.05, 3.63) is 66.5 Å². The number of carbonyl (C=O) groups excluding carboxylic acids is 1. The number of nitrogens with zero attached hydrogens (tertiary/aromatic N) is 6. The Labute approximate surface area is 252 Å². The number of hydrogen-bond acceptors (Lipinski definition) is 8. The standard InChI is InChI=1S/C33H38N8O2/c1-6-31(42)36-27-18-28(30(43-5)19-29(27)39(3)14-15-41-12-8-7-9-13-41)38-33-35-11-10-26(37-33)23-16-24(20-34)32-25(17-23)22(2)21-40(32)4/h6,10-11,16-19,21H,1,7-9,12-15H2,2-5H3,(H,36,42)(H,35,37,38). The lowest BCUT2D eigenvalue weighted by Gasteiger charge is -2.30. The number of fused-ring (bicyclic) bond motifs is 1. The number of likely N-dealkylation sites (N-methyl/N-ethyl adjacent to an activating group) is 1. The first-order valence-electron chi connectivity index (χ1n) is 14.5. The van der Waals surface area contributed by atoms with Crippen LogP contribution in [-0.4, -0.2) is 65.7 Å². The van der Waals surface area contributed by atoms with Crippen molar-refractivity contribution < 1.29 is 9.53 Å². The summed E-state index contributed by atoms with van der Waals surface area (Å²) in [6.07, 6.45) is 8.72. The molecular weight excluding hydrogens is 540 g/mol. The Balaban J connectivity index is 1.46. The average molecular weight is 579 g/mol. The van der Waals surface area contributed by atoms with Crippen molar-refractivity contribution in [1.29, 1.82) is 5.26 Å². The number of benzene rings is 2. The van der Waals surface area contributed by atoms with Gasteiger partial charge in [-0.15, -0.1) is 0 Å². The second-order valence-electron chi connectivity index (χ2n) is 10.9. The van der Waals surface area contributed by atoms with Crippen LogP contribution >= 0.6 is 0 Å². The van der Waals surface area contributed by atoms with Crippen molar-refractivity contribution in [2.75, 3.05) is 55.9 Å². The number of hydrogen-bond donors (Lipinski definition) is 2. The van der Waals surface area contributed by atoms with E-state index in [9.17, 15) is 10.1 Å². The number of aromatic nitrogens is 3. The number of rotatable bonds is 10. The SMILES string of the molecule is C=CC(=O)Nc1cc(Nc2nccc(-c3cc(C#N)c4c(c3)c(C)cn4C)n2)c(OC)cc1N(C)CCN1CCCCC1.